The molecule has 0 unspecified atom stereocenters. The summed E-state index contributed by atoms with van der Waals surface area (Å²) in [7, 11) is 1.64. The Bertz CT molecular complexity index is 747. The van der Waals surface area contributed by atoms with Gasteiger partial charge in [0.15, 0.2) is 0 Å². The SMILES string of the molecule is CC(C)Oc1cccc(-c2ccc(CC(=O)O)c(=O)n2C)c1. The second-order valence-electron chi connectivity index (χ2n) is 5.37. The number of carboxylic acid groups (broad SMARTS) is 1. The molecular formula is C17H19NO4. The van der Waals surface area contributed by atoms with Crippen LogP contribution in [0, 0.1) is 0 Å². The Morgan fingerprint density at radius 2 is 2.00 bits per heavy atom. The van der Waals surface area contributed by atoms with E-state index in [9.17, 15) is 9.59 Å². The first-order chi connectivity index (χ1) is 10.4. The Labute approximate surface area is 128 Å². The van der Waals surface area contributed by atoms with Gasteiger partial charge in [0.2, 0.25) is 0 Å². The quantitative estimate of drug-likeness (QED) is 0.921. The number of rotatable bonds is 5. The van der Waals surface area contributed by atoms with Gasteiger partial charge in [-0.25, -0.2) is 0 Å². The van der Waals surface area contributed by atoms with Gasteiger partial charge in [0.05, 0.1) is 18.2 Å². The number of carbonyl (C=O) groups is 1. The zero-order chi connectivity index (χ0) is 16.3. The number of pyridine rings is 1. The summed E-state index contributed by atoms with van der Waals surface area (Å²) in [6.45, 7) is 3.90. The Kier molecular flexibility index (Phi) is 4.65. The number of hydrogen-bond donors (Lipinski definition) is 1. The number of benzene rings is 1. The molecule has 0 saturated heterocycles. The van der Waals surface area contributed by atoms with Crippen LogP contribution in [-0.2, 0) is 18.3 Å². The second-order valence-corrected chi connectivity index (χ2v) is 5.37. The molecule has 1 N–H and O–H groups in total. The van der Waals surface area contributed by atoms with Crippen molar-refractivity contribution in [3.63, 3.8) is 0 Å². The van der Waals surface area contributed by atoms with Crippen LogP contribution in [0.5, 0.6) is 5.75 Å². The van der Waals surface area contributed by atoms with Crippen LogP contribution in [0.25, 0.3) is 11.3 Å². The molecule has 0 amide bonds. The molecule has 0 aliphatic carbocycles. The van der Waals surface area contributed by atoms with Crippen LogP contribution in [0.3, 0.4) is 0 Å². The molecule has 0 bridgehead atoms. The summed E-state index contributed by atoms with van der Waals surface area (Å²) in [6.07, 6.45) is -0.208. The number of carboxylic acids is 1. The molecule has 1 aromatic heterocycles. The van der Waals surface area contributed by atoms with Gasteiger partial charge in [-0.1, -0.05) is 18.2 Å². The van der Waals surface area contributed by atoms with Crippen molar-refractivity contribution in [2.75, 3.05) is 0 Å². The minimum Gasteiger partial charge on any atom is -0.491 e. The van der Waals surface area contributed by atoms with E-state index < -0.39 is 5.97 Å². The van der Waals surface area contributed by atoms with E-state index in [-0.39, 0.29) is 23.6 Å². The molecule has 22 heavy (non-hydrogen) atoms. The molecule has 0 atom stereocenters. The monoisotopic (exact) mass is 301 g/mol. The maximum atomic E-state index is 12.2. The van der Waals surface area contributed by atoms with Crippen molar-refractivity contribution in [2.24, 2.45) is 7.05 Å². The standard InChI is InChI=1S/C17H19NO4/c1-11(2)22-14-6-4-5-12(9-14)15-8-7-13(10-16(19)20)17(21)18(15)3/h4-9,11H,10H2,1-3H3,(H,19,20). The smallest absolute Gasteiger partial charge is 0.308 e. The summed E-state index contributed by atoms with van der Waals surface area (Å²) in [5.41, 5.74) is 1.54. The fraction of sp³-hybridized carbons (Fsp3) is 0.294. The third-order valence-electron chi connectivity index (χ3n) is 3.23. The van der Waals surface area contributed by atoms with Crippen LogP contribution in [0.15, 0.2) is 41.2 Å². The highest BCUT2D eigenvalue weighted by Crippen LogP contribution is 2.23. The largest absolute Gasteiger partial charge is 0.491 e. The number of nitrogens with zero attached hydrogens (tertiary/aromatic N) is 1. The predicted octanol–water partition coefficient (Wildman–Crippen LogP) is 2.47. The molecule has 5 nitrogen and oxygen atoms in total. The average Bonchev–Trinajstić information content (AvgIpc) is 2.43. The lowest BCUT2D eigenvalue weighted by Gasteiger charge is -2.13. The van der Waals surface area contributed by atoms with Gasteiger partial charge in [0, 0.05) is 18.2 Å². The lowest BCUT2D eigenvalue weighted by atomic mass is 10.1. The van der Waals surface area contributed by atoms with Crippen molar-refractivity contribution >= 4 is 5.97 Å². The van der Waals surface area contributed by atoms with Crippen LogP contribution in [0.1, 0.15) is 19.4 Å². The summed E-state index contributed by atoms with van der Waals surface area (Å²) in [5.74, 6) is -0.285. The molecule has 2 aromatic rings. The summed E-state index contributed by atoms with van der Waals surface area (Å²) in [6, 6.07) is 10.8. The van der Waals surface area contributed by atoms with Crippen LogP contribution in [0.4, 0.5) is 0 Å². The molecule has 5 heteroatoms. The normalized spacial score (nSPS) is 10.7. The van der Waals surface area contributed by atoms with Gasteiger partial charge in [-0.05, 0) is 32.0 Å². The highest BCUT2D eigenvalue weighted by atomic mass is 16.5. The van der Waals surface area contributed by atoms with E-state index in [0.717, 1.165) is 11.3 Å². The van der Waals surface area contributed by atoms with Crippen LogP contribution in [0.2, 0.25) is 0 Å². The first-order valence-corrected chi connectivity index (χ1v) is 7.06. The van der Waals surface area contributed by atoms with Crippen molar-refractivity contribution in [3.05, 3.63) is 52.3 Å². The topological polar surface area (TPSA) is 68.5 Å². The lowest BCUT2D eigenvalue weighted by molar-refractivity contribution is -0.136. The molecule has 0 spiro atoms. The van der Waals surface area contributed by atoms with E-state index >= 15 is 0 Å². The van der Waals surface area contributed by atoms with Crippen LogP contribution < -0.4 is 10.3 Å². The first kappa shape index (κ1) is 15.8. The van der Waals surface area contributed by atoms with E-state index in [1.807, 2.05) is 38.1 Å². The molecule has 0 radical (unpaired) electrons. The second kappa shape index (κ2) is 6.47. The average molecular weight is 301 g/mol. The summed E-state index contributed by atoms with van der Waals surface area (Å²) >= 11 is 0. The van der Waals surface area contributed by atoms with Crippen LogP contribution >= 0.6 is 0 Å². The van der Waals surface area contributed by atoms with Gasteiger partial charge in [-0.15, -0.1) is 0 Å². The van der Waals surface area contributed by atoms with Gasteiger partial charge in [-0.2, -0.15) is 0 Å². The minimum absolute atomic E-state index is 0.0667. The molecular weight excluding hydrogens is 282 g/mol. The molecule has 0 aliphatic rings. The Morgan fingerprint density at radius 3 is 2.64 bits per heavy atom. The van der Waals surface area contributed by atoms with Crippen molar-refractivity contribution in [3.8, 4) is 17.0 Å². The fourth-order valence-corrected chi connectivity index (χ4v) is 2.28. The third kappa shape index (κ3) is 3.55. The zero-order valence-electron chi connectivity index (χ0n) is 12.9. The summed E-state index contributed by atoms with van der Waals surface area (Å²) in [4.78, 5) is 23.0. The molecule has 1 heterocycles. The minimum atomic E-state index is -1.02. The van der Waals surface area contributed by atoms with E-state index in [1.165, 1.54) is 4.57 Å². The first-order valence-electron chi connectivity index (χ1n) is 7.06. The fourth-order valence-electron chi connectivity index (χ4n) is 2.28. The number of ether oxygens (including phenoxy) is 1. The third-order valence-corrected chi connectivity index (χ3v) is 3.23. The molecule has 0 fully saturated rings. The van der Waals surface area contributed by atoms with E-state index in [4.69, 9.17) is 9.84 Å². The van der Waals surface area contributed by atoms with Gasteiger partial charge < -0.3 is 14.4 Å². The number of aliphatic carboxylic acids is 1. The van der Waals surface area contributed by atoms with E-state index in [0.29, 0.717) is 5.69 Å². The van der Waals surface area contributed by atoms with Crippen molar-refractivity contribution in [2.45, 2.75) is 26.4 Å². The summed E-state index contributed by atoms with van der Waals surface area (Å²) in [5, 5.41) is 8.82. The zero-order valence-corrected chi connectivity index (χ0v) is 12.9. The highest BCUT2D eigenvalue weighted by molar-refractivity contribution is 5.70. The van der Waals surface area contributed by atoms with Gasteiger partial charge >= 0.3 is 5.97 Å². The van der Waals surface area contributed by atoms with Crippen molar-refractivity contribution in [1.82, 2.24) is 4.57 Å². The number of hydrogen-bond acceptors (Lipinski definition) is 3. The highest BCUT2D eigenvalue weighted by Gasteiger charge is 2.11. The summed E-state index contributed by atoms with van der Waals surface area (Å²) < 4.78 is 7.12. The Balaban J connectivity index is 2.43. The van der Waals surface area contributed by atoms with Gasteiger partial charge in [0.1, 0.15) is 5.75 Å². The van der Waals surface area contributed by atoms with Crippen LogP contribution in [-0.4, -0.2) is 21.7 Å². The predicted molar refractivity (Wildman–Crippen MR) is 84.2 cm³/mol. The maximum absolute atomic E-state index is 12.2. The molecule has 0 saturated carbocycles. The Morgan fingerprint density at radius 1 is 1.27 bits per heavy atom. The van der Waals surface area contributed by atoms with E-state index in [1.54, 1.807) is 19.2 Å². The van der Waals surface area contributed by atoms with Gasteiger partial charge in [0.25, 0.3) is 5.56 Å². The maximum Gasteiger partial charge on any atom is 0.308 e. The van der Waals surface area contributed by atoms with E-state index in [2.05, 4.69) is 0 Å². The lowest BCUT2D eigenvalue weighted by Crippen LogP contribution is -2.24. The van der Waals surface area contributed by atoms with Crippen molar-refractivity contribution in [1.29, 1.82) is 0 Å². The molecule has 1 aromatic carbocycles. The molecule has 2 rings (SSSR count). The van der Waals surface area contributed by atoms with Crippen molar-refractivity contribution < 1.29 is 14.6 Å². The van der Waals surface area contributed by atoms with Gasteiger partial charge in [-0.3, -0.25) is 9.59 Å². The molecule has 0 aliphatic heterocycles. The molecule has 116 valence electrons. The number of aromatic nitrogens is 1. The Hall–Kier alpha value is -2.56.